The Kier molecular flexibility index (Phi) is 5.12. The van der Waals surface area contributed by atoms with Gasteiger partial charge in [0.05, 0.1) is 25.4 Å². The standard InChI is InChI=1S/C21H18F2N2O4/c22-16-7-4-8-17(18(16)23)24-19(26)15-9-10-25(20(15)27)13-21(28-11-12-29-21)14-5-2-1-3-6-14/h1-9H,10-13H2,(H,24,26). The lowest BCUT2D eigenvalue weighted by molar-refractivity contribution is -0.181. The van der Waals surface area contributed by atoms with Crippen molar-refractivity contribution in [2.75, 3.05) is 31.6 Å². The number of ether oxygens (including phenoxy) is 2. The van der Waals surface area contributed by atoms with E-state index in [2.05, 4.69) is 5.32 Å². The molecule has 2 aliphatic rings. The maximum absolute atomic E-state index is 13.8. The summed E-state index contributed by atoms with van der Waals surface area (Å²) in [7, 11) is 0. The topological polar surface area (TPSA) is 67.9 Å². The Hall–Kier alpha value is -3.10. The summed E-state index contributed by atoms with van der Waals surface area (Å²) in [4.78, 5) is 26.6. The van der Waals surface area contributed by atoms with Crippen LogP contribution < -0.4 is 5.32 Å². The van der Waals surface area contributed by atoms with Crippen LogP contribution in [0.5, 0.6) is 0 Å². The molecule has 0 aliphatic carbocycles. The molecule has 0 saturated carbocycles. The van der Waals surface area contributed by atoms with Crippen molar-refractivity contribution in [3.05, 3.63) is 77.4 Å². The summed E-state index contributed by atoms with van der Waals surface area (Å²) in [6.45, 7) is 1.04. The molecule has 0 aromatic heterocycles. The average molecular weight is 400 g/mol. The Morgan fingerprint density at radius 2 is 1.79 bits per heavy atom. The molecular weight excluding hydrogens is 382 g/mol. The van der Waals surface area contributed by atoms with Crippen molar-refractivity contribution in [2.45, 2.75) is 5.79 Å². The molecule has 2 aliphatic heterocycles. The van der Waals surface area contributed by atoms with E-state index in [-0.39, 0.29) is 24.4 Å². The third-order valence-corrected chi connectivity index (χ3v) is 4.84. The van der Waals surface area contributed by atoms with Crippen molar-refractivity contribution in [1.82, 2.24) is 4.90 Å². The molecule has 2 aromatic rings. The molecule has 0 unspecified atom stereocenters. The van der Waals surface area contributed by atoms with Crippen LogP contribution in [0.15, 0.2) is 60.2 Å². The molecule has 4 rings (SSSR count). The summed E-state index contributed by atoms with van der Waals surface area (Å²) in [6, 6.07) is 12.7. The molecule has 0 bridgehead atoms. The third kappa shape index (κ3) is 3.64. The number of nitrogens with one attached hydrogen (secondary N) is 1. The van der Waals surface area contributed by atoms with Crippen molar-refractivity contribution in [2.24, 2.45) is 0 Å². The van der Waals surface area contributed by atoms with Crippen LogP contribution in [-0.4, -0.2) is 43.0 Å². The molecule has 2 aromatic carbocycles. The van der Waals surface area contributed by atoms with Crippen LogP contribution in [0.1, 0.15) is 5.56 Å². The first kappa shape index (κ1) is 19.2. The minimum Gasteiger partial charge on any atom is -0.342 e. The average Bonchev–Trinajstić information content (AvgIpc) is 3.34. The van der Waals surface area contributed by atoms with E-state index in [9.17, 15) is 18.4 Å². The lowest BCUT2D eigenvalue weighted by Crippen LogP contribution is -2.43. The zero-order chi connectivity index (χ0) is 20.4. The molecule has 0 spiro atoms. The van der Waals surface area contributed by atoms with Crippen LogP contribution in [0.3, 0.4) is 0 Å². The van der Waals surface area contributed by atoms with E-state index in [1.165, 1.54) is 23.1 Å². The van der Waals surface area contributed by atoms with E-state index >= 15 is 0 Å². The van der Waals surface area contributed by atoms with Gasteiger partial charge in [-0.15, -0.1) is 0 Å². The molecule has 2 amide bonds. The SMILES string of the molecule is O=C(Nc1cccc(F)c1F)C1=CCN(CC2(c3ccccc3)OCCO2)C1=O. The molecule has 6 nitrogen and oxygen atoms in total. The highest BCUT2D eigenvalue weighted by molar-refractivity contribution is 6.23. The molecule has 150 valence electrons. The van der Waals surface area contributed by atoms with Gasteiger partial charge in [0, 0.05) is 12.1 Å². The van der Waals surface area contributed by atoms with Crippen molar-refractivity contribution in [3.8, 4) is 0 Å². The molecule has 0 atom stereocenters. The summed E-state index contributed by atoms with van der Waals surface area (Å²) >= 11 is 0. The number of benzene rings is 2. The second-order valence-electron chi connectivity index (χ2n) is 6.67. The van der Waals surface area contributed by atoms with E-state index in [0.29, 0.717) is 13.2 Å². The summed E-state index contributed by atoms with van der Waals surface area (Å²) in [5.74, 6) is -4.71. The molecule has 1 fully saturated rings. The van der Waals surface area contributed by atoms with E-state index in [4.69, 9.17) is 9.47 Å². The molecule has 1 N–H and O–H groups in total. The summed E-state index contributed by atoms with van der Waals surface area (Å²) in [5, 5.41) is 2.25. The monoisotopic (exact) mass is 400 g/mol. The maximum Gasteiger partial charge on any atom is 0.261 e. The number of hydrogen-bond acceptors (Lipinski definition) is 4. The second kappa shape index (κ2) is 7.73. The minimum absolute atomic E-state index is 0.0947. The van der Waals surface area contributed by atoms with E-state index in [0.717, 1.165) is 11.6 Å². The zero-order valence-corrected chi connectivity index (χ0v) is 15.4. The number of anilines is 1. The highest BCUT2D eigenvalue weighted by atomic mass is 19.2. The highest BCUT2D eigenvalue weighted by Gasteiger charge is 2.43. The molecule has 0 radical (unpaired) electrons. The van der Waals surface area contributed by atoms with Gasteiger partial charge in [0.25, 0.3) is 11.8 Å². The first-order chi connectivity index (χ1) is 14.0. The van der Waals surface area contributed by atoms with Gasteiger partial charge in [0.15, 0.2) is 11.6 Å². The number of hydrogen-bond donors (Lipinski definition) is 1. The van der Waals surface area contributed by atoms with Gasteiger partial charge in [0.1, 0.15) is 5.57 Å². The first-order valence-electron chi connectivity index (χ1n) is 9.08. The number of carbonyl (C=O) groups excluding carboxylic acids is 2. The van der Waals surface area contributed by atoms with Crippen molar-refractivity contribution in [1.29, 1.82) is 0 Å². The third-order valence-electron chi connectivity index (χ3n) is 4.84. The van der Waals surface area contributed by atoms with Gasteiger partial charge < -0.3 is 19.7 Å². The van der Waals surface area contributed by atoms with Crippen LogP contribution >= 0.6 is 0 Å². The fourth-order valence-corrected chi connectivity index (χ4v) is 3.41. The quantitative estimate of drug-likeness (QED) is 0.784. The van der Waals surface area contributed by atoms with Gasteiger partial charge in [-0.05, 0) is 18.2 Å². The van der Waals surface area contributed by atoms with Crippen LogP contribution in [0.2, 0.25) is 0 Å². The fourth-order valence-electron chi connectivity index (χ4n) is 3.41. The molecule has 8 heteroatoms. The number of rotatable bonds is 5. The van der Waals surface area contributed by atoms with E-state index in [1.807, 2.05) is 30.3 Å². The normalized spacial score (nSPS) is 18.1. The molecule has 29 heavy (non-hydrogen) atoms. The first-order valence-corrected chi connectivity index (χ1v) is 9.08. The fraction of sp³-hybridized carbons (Fsp3) is 0.238. The van der Waals surface area contributed by atoms with Crippen molar-refractivity contribution < 1.29 is 27.8 Å². The highest BCUT2D eigenvalue weighted by Crippen LogP contribution is 2.33. The minimum atomic E-state index is -1.18. The van der Waals surface area contributed by atoms with Gasteiger partial charge in [-0.25, -0.2) is 8.78 Å². The Balaban J connectivity index is 1.48. The van der Waals surface area contributed by atoms with Crippen molar-refractivity contribution >= 4 is 17.5 Å². The van der Waals surface area contributed by atoms with Gasteiger partial charge in [-0.3, -0.25) is 9.59 Å². The van der Waals surface area contributed by atoms with Gasteiger partial charge in [-0.2, -0.15) is 0 Å². The second-order valence-corrected chi connectivity index (χ2v) is 6.67. The number of halogens is 2. The zero-order valence-electron chi connectivity index (χ0n) is 15.4. The van der Waals surface area contributed by atoms with Gasteiger partial charge in [-0.1, -0.05) is 36.4 Å². The van der Waals surface area contributed by atoms with Gasteiger partial charge in [0.2, 0.25) is 5.79 Å². The van der Waals surface area contributed by atoms with Crippen LogP contribution in [0.25, 0.3) is 0 Å². The number of amides is 2. The van der Waals surface area contributed by atoms with Crippen LogP contribution in [0, 0.1) is 11.6 Å². The number of nitrogens with zero attached hydrogens (tertiary/aromatic N) is 1. The molecule has 2 heterocycles. The van der Waals surface area contributed by atoms with Crippen molar-refractivity contribution in [3.63, 3.8) is 0 Å². The maximum atomic E-state index is 13.8. The predicted molar refractivity (Wildman–Crippen MR) is 99.7 cm³/mol. The van der Waals surface area contributed by atoms with Crippen LogP contribution in [0.4, 0.5) is 14.5 Å². The van der Waals surface area contributed by atoms with E-state index in [1.54, 1.807) is 0 Å². The largest absolute Gasteiger partial charge is 0.342 e. The Morgan fingerprint density at radius 3 is 2.52 bits per heavy atom. The molecule has 1 saturated heterocycles. The summed E-state index contributed by atoms with van der Waals surface area (Å²) < 4.78 is 38.8. The Bertz CT molecular complexity index is 972. The summed E-state index contributed by atoms with van der Waals surface area (Å²) in [5.41, 5.74) is 0.297. The lowest BCUT2D eigenvalue weighted by Gasteiger charge is -2.32. The predicted octanol–water partition coefficient (Wildman–Crippen LogP) is 2.57. The smallest absolute Gasteiger partial charge is 0.261 e. The Labute approximate surface area is 165 Å². The van der Waals surface area contributed by atoms with E-state index < -0.39 is 29.2 Å². The summed E-state index contributed by atoms with van der Waals surface area (Å²) in [6.07, 6.45) is 1.45. The molecular formula is C21H18F2N2O4. The van der Waals surface area contributed by atoms with Gasteiger partial charge >= 0.3 is 0 Å². The number of carbonyl (C=O) groups is 2. The Morgan fingerprint density at radius 1 is 1.07 bits per heavy atom. The lowest BCUT2D eigenvalue weighted by atomic mass is 10.1. The van der Waals surface area contributed by atoms with Crippen LogP contribution in [-0.2, 0) is 24.8 Å².